The Bertz CT molecular complexity index is 1430. The third-order valence-electron chi connectivity index (χ3n) is 6.36. The third kappa shape index (κ3) is 6.31. The van der Waals surface area contributed by atoms with Gasteiger partial charge < -0.3 is 14.6 Å². The minimum atomic E-state index is -0.963. The molecule has 3 aromatic rings. The second kappa shape index (κ2) is 13.2. The number of ether oxygens (including phenoxy) is 2. The summed E-state index contributed by atoms with van der Waals surface area (Å²) in [7, 11) is 0. The van der Waals surface area contributed by atoms with Crippen LogP contribution in [-0.2, 0) is 14.3 Å². The fraction of sp³-hybridized carbons (Fsp3) is 0.290. The van der Waals surface area contributed by atoms with E-state index in [1.165, 1.54) is 11.0 Å². The van der Waals surface area contributed by atoms with E-state index in [9.17, 15) is 19.5 Å². The van der Waals surface area contributed by atoms with E-state index in [1.54, 1.807) is 44.2 Å². The average molecular weight is 561 g/mol. The summed E-state index contributed by atoms with van der Waals surface area (Å²) >= 11 is 0.980. The number of aliphatic hydroxyl groups is 1. The summed E-state index contributed by atoms with van der Waals surface area (Å²) in [6.45, 7) is 6.26. The van der Waals surface area contributed by atoms with Crippen LogP contribution in [-0.4, -0.2) is 41.0 Å². The molecule has 0 radical (unpaired) electrons. The lowest BCUT2D eigenvalue weighted by Crippen LogP contribution is -2.30. The maximum Gasteiger partial charge on any atom is 0.350 e. The van der Waals surface area contributed by atoms with Crippen LogP contribution in [0.4, 0.5) is 5.13 Å². The van der Waals surface area contributed by atoms with E-state index in [2.05, 4.69) is 11.9 Å². The van der Waals surface area contributed by atoms with E-state index in [4.69, 9.17) is 9.47 Å². The number of hydrogen-bond acceptors (Lipinski definition) is 8. The fourth-order valence-corrected chi connectivity index (χ4v) is 5.34. The Morgan fingerprint density at radius 3 is 2.48 bits per heavy atom. The first-order valence-corrected chi connectivity index (χ1v) is 14.1. The number of ketones is 1. The number of unbranched alkanes of at least 4 members (excludes halogenated alkanes) is 2. The second-order valence-corrected chi connectivity index (χ2v) is 10.2. The number of aromatic nitrogens is 1. The molecule has 1 amide bonds. The summed E-state index contributed by atoms with van der Waals surface area (Å²) in [6, 6.07) is 15.4. The Labute approximate surface area is 237 Å². The van der Waals surface area contributed by atoms with Crippen molar-refractivity contribution in [3.05, 3.63) is 93.7 Å². The first-order valence-electron chi connectivity index (χ1n) is 13.3. The standard InChI is InChI=1S/C31H32N2O6S/c1-4-6-10-19-39-23-16-14-22(15-17-23)26-25(24(34)18-13-21-11-8-7-9-12-21)27(35)29(36)33(26)31-32-20(3)28(40-31)30(37)38-5-2/h7-9,11-18,26,35H,4-6,10,19H2,1-3H3. The first kappa shape index (κ1) is 28.8. The molecule has 2 heterocycles. The molecule has 0 aliphatic carbocycles. The van der Waals surface area contributed by atoms with Crippen molar-refractivity contribution in [2.45, 2.75) is 46.1 Å². The van der Waals surface area contributed by atoms with E-state index in [0.717, 1.165) is 36.2 Å². The maximum atomic E-state index is 13.5. The summed E-state index contributed by atoms with van der Waals surface area (Å²) < 4.78 is 11.0. The Balaban J connectivity index is 1.71. The van der Waals surface area contributed by atoms with Crippen LogP contribution in [0, 0.1) is 6.92 Å². The zero-order valence-electron chi connectivity index (χ0n) is 22.8. The molecule has 208 valence electrons. The van der Waals surface area contributed by atoms with E-state index in [1.807, 2.05) is 30.3 Å². The molecule has 2 aromatic carbocycles. The molecule has 1 aliphatic rings. The number of anilines is 1. The van der Waals surface area contributed by atoms with Crippen LogP contribution in [0.1, 0.15) is 65.6 Å². The van der Waals surface area contributed by atoms with Crippen molar-refractivity contribution in [2.24, 2.45) is 0 Å². The fourth-order valence-electron chi connectivity index (χ4n) is 4.36. The Morgan fingerprint density at radius 2 is 1.80 bits per heavy atom. The predicted octanol–water partition coefficient (Wildman–Crippen LogP) is 6.38. The molecular formula is C31H32N2O6S. The number of rotatable bonds is 12. The molecule has 1 aromatic heterocycles. The Morgan fingerprint density at radius 1 is 1.07 bits per heavy atom. The van der Waals surface area contributed by atoms with Gasteiger partial charge in [-0.05, 0) is 49.6 Å². The zero-order valence-corrected chi connectivity index (χ0v) is 23.6. The third-order valence-corrected chi connectivity index (χ3v) is 7.50. The quantitative estimate of drug-likeness (QED) is 0.156. The van der Waals surface area contributed by atoms with E-state index >= 15 is 0 Å². The zero-order chi connectivity index (χ0) is 28.6. The molecule has 0 spiro atoms. The van der Waals surface area contributed by atoms with Gasteiger partial charge in [0.25, 0.3) is 5.91 Å². The summed E-state index contributed by atoms with van der Waals surface area (Å²) in [5, 5.41) is 11.2. The van der Waals surface area contributed by atoms with Crippen LogP contribution in [0.5, 0.6) is 5.75 Å². The van der Waals surface area contributed by atoms with Crippen molar-refractivity contribution in [1.82, 2.24) is 4.98 Å². The number of esters is 1. The molecule has 0 saturated carbocycles. The summed E-state index contributed by atoms with van der Waals surface area (Å²) in [5.41, 5.74) is 1.71. The monoisotopic (exact) mass is 560 g/mol. The lowest BCUT2D eigenvalue weighted by molar-refractivity contribution is -0.117. The van der Waals surface area contributed by atoms with Gasteiger partial charge in [0, 0.05) is 0 Å². The topological polar surface area (TPSA) is 106 Å². The highest BCUT2D eigenvalue weighted by atomic mass is 32.1. The summed E-state index contributed by atoms with van der Waals surface area (Å²) in [5.74, 6) is -1.82. The van der Waals surface area contributed by atoms with Crippen LogP contribution < -0.4 is 9.64 Å². The molecule has 40 heavy (non-hydrogen) atoms. The van der Waals surface area contributed by atoms with E-state index in [-0.39, 0.29) is 22.2 Å². The van der Waals surface area contributed by atoms with Gasteiger partial charge in [0.05, 0.1) is 30.5 Å². The molecule has 0 fully saturated rings. The van der Waals surface area contributed by atoms with Crippen LogP contribution in [0.2, 0.25) is 0 Å². The van der Waals surface area contributed by atoms with Gasteiger partial charge in [0.15, 0.2) is 16.7 Å². The predicted molar refractivity (Wildman–Crippen MR) is 155 cm³/mol. The normalized spacial score (nSPS) is 15.2. The van der Waals surface area contributed by atoms with Gasteiger partial charge in [-0.2, -0.15) is 0 Å². The van der Waals surface area contributed by atoms with E-state index in [0.29, 0.717) is 23.6 Å². The lowest BCUT2D eigenvalue weighted by atomic mass is 9.95. The van der Waals surface area contributed by atoms with Crippen LogP contribution in [0.25, 0.3) is 6.08 Å². The summed E-state index contributed by atoms with van der Waals surface area (Å²) in [4.78, 5) is 45.3. The van der Waals surface area contributed by atoms with Crippen molar-refractivity contribution in [3.63, 3.8) is 0 Å². The Kier molecular flexibility index (Phi) is 9.50. The molecule has 0 bridgehead atoms. The smallest absolute Gasteiger partial charge is 0.350 e. The highest BCUT2D eigenvalue weighted by Gasteiger charge is 2.45. The molecule has 8 nitrogen and oxygen atoms in total. The number of aliphatic hydroxyl groups excluding tert-OH is 1. The molecular weight excluding hydrogens is 528 g/mol. The average Bonchev–Trinajstić information content (AvgIpc) is 3.47. The number of aryl methyl sites for hydroxylation is 1. The van der Waals surface area contributed by atoms with Gasteiger partial charge in [0.2, 0.25) is 0 Å². The summed E-state index contributed by atoms with van der Waals surface area (Å²) in [6.07, 6.45) is 6.08. The number of allylic oxidation sites excluding steroid dienone is 1. The van der Waals surface area contributed by atoms with Gasteiger partial charge in [-0.3, -0.25) is 14.5 Å². The SMILES string of the molecule is CCCCCOc1ccc(C2C(C(=O)C=Cc3ccccc3)=C(O)C(=O)N2c2nc(C)c(C(=O)OCC)s2)cc1. The van der Waals surface area contributed by atoms with Crippen molar-refractivity contribution in [1.29, 1.82) is 0 Å². The molecule has 4 rings (SSSR count). The highest BCUT2D eigenvalue weighted by molar-refractivity contribution is 7.17. The molecule has 1 atom stereocenters. The minimum absolute atomic E-state index is 0.0701. The number of benzene rings is 2. The van der Waals surface area contributed by atoms with Gasteiger partial charge >= 0.3 is 5.97 Å². The molecule has 1 N–H and O–H groups in total. The molecule has 1 unspecified atom stereocenters. The van der Waals surface area contributed by atoms with Crippen molar-refractivity contribution in [2.75, 3.05) is 18.1 Å². The largest absolute Gasteiger partial charge is 0.503 e. The van der Waals surface area contributed by atoms with Crippen LogP contribution in [0.3, 0.4) is 0 Å². The van der Waals surface area contributed by atoms with Crippen LogP contribution >= 0.6 is 11.3 Å². The highest BCUT2D eigenvalue weighted by Crippen LogP contribution is 2.43. The lowest BCUT2D eigenvalue weighted by Gasteiger charge is -2.24. The number of carbonyl (C=O) groups is 3. The van der Waals surface area contributed by atoms with Crippen LogP contribution in [0.15, 0.2) is 72.0 Å². The van der Waals surface area contributed by atoms with Gasteiger partial charge in [-0.15, -0.1) is 0 Å². The van der Waals surface area contributed by atoms with Crippen molar-refractivity contribution >= 4 is 40.2 Å². The van der Waals surface area contributed by atoms with E-state index < -0.39 is 29.5 Å². The minimum Gasteiger partial charge on any atom is -0.503 e. The number of thiazole rings is 1. The van der Waals surface area contributed by atoms with Gasteiger partial charge in [-0.1, -0.05) is 79.6 Å². The molecule has 0 saturated heterocycles. The second-order valence-electron chi connectivity index (χ2n) is 9.20. The van der Waals surface area contributed by atoms with Gasteiger partial charge in [0.1, 0.15) is 10.6 Å². The number of hydrogen-bond donors (Lipinski definition) is 1. The Hall–Kier alpha value is -4.24. The number of nitrogens with zero attached hydrogens (tertiary/aromatic N) is 2. The number of carbonyl (C=O) groups excluding carboxylic acids is 3. The van der Waals surface area contributed by atoms with Gasteiger partial charge in [-0.25, -0.2) is 9.78 Å². The number of amides is 1. The van der Waals surface area contributed by atoms with Crippen molar-refractivity contribution < 1.29 is 29.0 Å². The molecule has 9 heteroatoms. The molecule has 1 aliphatic heterocycles. The first-order chi connectivity index (χ1) is 19.3. The van der Waals surface area contributed by atoms with Crippen molar-refractivity contribution in [3.8, 4) is 5.75 Å². The maximum absolute atomic E-state index is 13.5.